The van der Waals surface area contributed by atoms with Gasteiger partial charge in [0.2, 0.25) is 5.91 Å². The van der Waals surface area contributed by atoms with Crippen LogP contribution in [0, 0.1) is 28.4 Å². The Balaban J connectivity index is 1.98. The SMILES string of the molecule is CC(C)(C)CC1N[C@@H](C(=O)Nc2ccccc2C(=O)O)C(c2cccc(Cl)c2F)[C@@]1(C#N)c1ccc(Cl)cc1F. The molecule has 1 fully saturated rings. The third-order valence-electron chi connectivity index (χ3n) is 7.15. The van der Waals surface area contributed by atoms with E-state index in [9.17, 15) is 20.0 Å². The van der Waals surface area contributed by atoms with Crippen LogP contribution in [-0.2, 0) is 10.2 Å². The predicted octanol–water partition coefficient (Wildman–Crippen LogP) is 6.93. The van der Waals surface area contributed by atoms with Gasteiger partial charge in [-0.2, -0.15) is 5.26 Å². The van der Waals surface area contributed by atoms with E-state index >= 15 is 8.78 Å². The van der Waals surface area contributed by atoms with Crippen LogP contribution in [0.25, 0.3) is 0 Å². The number of anilines is 1. The fourth-order valence-corrected chi connectivity index (χ4v) is 5.89. The van der Waals surface area contributed by atoms with Crippen molar-refractivity contribution >= 4 is 40.8 Å². The minimum Gasteiger partial charge on any atom is -0.478 e. The molecule has 0 bridgehead atoms. The van der Waals surface area contributed by atoms with Crippen LogP contribution in [0.4, 0.5) is 14.5 Å². The lowest BCUT2D eigenvalue weighted by molar-refractivity contribution is -0.118. The van der Waals surface area contributed by atoms with E-state index in [-0.39, 0.29) is 32.4 Å². The summed E-state index contributed by atoms with van der Waals surface area (Å²) in [6, 6.07) is 14.1. The second-order valence-corrected chi connectivity index (χ2v) is 11.9. The molecule has 0 spiro atoms. The number of nitriles is 1. The summed E-state index contributed by atoms with van der Waals surface area (Å²) in [5, 5.41) is 26.2. The Bertz CT molecular complexity index is 1520. The summed E-state index contributed by atoms with van der Waals surface area (Å²) in [6.07, 6.45) is 0.302. The average Bonchev–Trinajstić information content (AvgIpc) is 3.19. The van der Waals surface area contributed by atoms with Gasteiger partial charge in [-0.25, -0.2) is 13.6 Å². The first-order valence-electron chi connectivity index (χ1n) is 12.5. The lowest BCUT2D eigenvalue weighted by Gasteiger charge is -2.37. The van der Waals surface area contributed by atoms with Gasteiger partial charge in [-0.3, -0.25) is 4.79 Å². The summed E-state index contributed by atoms with van der Waals surface area (Å²) in [5.74, 6) is -4.86. The number of hydrogen-bond acceptors (Lipinski definition) is 4. The molecular weight excluding hydrogens is 559 g/mol. The van der Waals surface area contributed by atoms with E-state index in [0.29, 0.717) is 6.42 Å². The highest BCUT2D eigenvalue weighted by atomic mass is 35.5. The Morgan fingerprint density at radius 1 is 1.10 bits per heavy atom. The Kier molecular flexibility index (Phi) is 8.23. The van der Waals surface area contributed by atoms with Crippen molar-refractivity contribution in [3.63, 3.8) is 0 Å². The number of para-hydroxylation sites is 1. The van der Waals surface area contributed by atoms with Gasteiger partial charge in [0, 0.05) is 22.5 Å². The number of carboxylic acid groups (broad SMARTS) is 1. The largest absolute Gasteiger partial charge is 0.478 e. The van der Waals surface area contributed by atoms with Crippen molar-refractivity contribution in [1.29, 1.82) is 5.26 Å². The molecule has 40 heavy (non-hydrogen) atoms. The standard InChI is InChI=1S/C30H27Cl2F2N3O3/c1-29(2,3)14-23-30(15-35,19-12-11-16(31)13-21(19)33)24(18-8-6-9-20(32)25(18)34)26(37-23)27(38)36-22-10-5-4-7-17(22)28(39)40/h4-13,23-24,26,37H,14H2,1-3H3,(H,36,38)(H,39,40)/t23?,24?,26-,30+/m1/s1. The predicted molar refractivity (Wildman–Crippen MR) is 150 cm³/mol. The summed E-state index contributed by atoms with van der Waals surface area (Å²) < 4.78 is 31.4. The lowest BCUT2D eigenvalue weighted by atomic mass is 9.62. The molecule has 4 rings (SSSR count). The van der Waals surface area contributed by atoms with Crippen LogP contribution in [0.1, 0.15) is 54.6 Å². The van der Waals surface area contributed by atoms with Crippen molar-refractivity contribution in [1.82, 2.24) is 5.32 Å². The molecule has 6 nitrogen and oxygen atoms in total. The Morgan fingerprint density at radius 3 is 2.42 bits per heavy atom. The van der Waals surface area contributed by atoms with Crippen LogP contribution in [0.15, 0.2) is 60.7 Å². The van der Waals surface area contributed by atoms with Crippen LogP contribution < -0.4 is 10.6 Å². The van der Waals surface area contributed by atoms with E-state index in [0.717, 1.165) is 6.07 Å². The molecule has 1 aliphatic rings. The maximum atomic E-state index is 15.7. The Morgan fingerprint density at radius 2 is 1.80 bits per heavy atom. The molecule has 3 N–H and O–H groups in total. The fraction of sp³-hybridized carbons (Fsp3) is 0.300. The number of carbonyl (C=O) groups is 2. The van der Waals surface area contributed by atoms with Gasteiger partial charge in [-0.05, 0) is 47.7 Å². The summed E-state index contributed by atoms with van der Waals surface area (Å²) in [7, 11) is 0. The number of nitrogens with one attached hydrogen (secondary N) is 2. The van der Waals surface area contributed by atoms with E-state index in [1.807, 2.05) is 20.8 Å². The zero-order chi connectivity index (χ0) is 29.4. The molecule has 1 amide bonds. The average molecular weight is 586 g/mol. The second kappa shape index (κ2) is 11.2. The van der Waals surface area contributed by atoms with E-state index in [1.54, 1.807) is 6.07 Å². The minimum absolute atomic E-state index is 0.0200. The van der Waals surface area contributed by atoms with Crippen molar-refractivity contribution in [2.75, 3.05) is 5.32 Å². The van der Waals surface area contributed by atoms with Crippen LogP contribution in [0.5, 0.6) is 0 Å². The number of halogens is 4. The highest BCUT2D eigenvalue weighted by Gasteiger charge is 2.61. The van der Waals surface area contributed by atoms with E-state index in [1.165, 1.54) is 48.5 Å². The molecule has 0 radical (unpaired) electrons. The zero-order valence-corrected chi connectivity index (χ0v) is 23.4. The van der Waals surface area contributed by atoms with Crippen molar-refractivity contribution in [3.8, 4) is 6.07 Å². The molecule has 3 aromatic carbocycles. The van der Waals surface area contributed by atoms with Gasteiger partial charge in [0.15, 0.2) is 0 Å². The molecule has 0 saturated carbocycles. The van der Waals surface area contributed by atoms with Crippen molar-refractivity contribution < 1.29 is 23.5 Å². The smallest absolute Gasteiger partial charge is 0.337 e. The summed E-state index contributed by atoms with van der Waals surface area (Å²) in [4.78, 5) is 25.7. The summed E-state index contributed by atoms with van der Waals surface area (Å²) in [5.41, 5.74) is -2.43. The first-order chi connectivity index (χ1) is 18.8. The van der Waals surface area contributed by atoms with Crippen LogP contribution in [-0.4, -0.2) is 29.1 Å². The van der Waals surface area contributed by atoms with Gasteiger partial charge >= 0.3 is 5.97 Å². The van der Waals surface area contributed by atoms with Gasteiger partial charge in [0.05, 0.1) is 28.4 Å². The first kappa shape index (κ1) is 29.5. The van der Waals surface area contributed by atoms with Crippen molar-refractivity contribution in [3.05, 3.63) is 99.0 Å². The highest BCUT2D eigenvalue weighted by molar-refractivity contribution is 6.31. The number of amides is 1. The molecule has 0 aromatic heterocycles. The minimum atomic E-state index is -1.79. The molecular formula is C30H27Cl2F2N3O3. The van der Waals surface area contributed by atoms with Crippen LogP contribution in [0.2, 0.25) is 10.0 Å². The van der Waals surface area contributed by atoms with Crippen molar-refractivity contribution in [2.45, 2.75) is 50.6 Å². The van der Waals surface area contributed by atoms with Gasteiger partial charge < -0.3 is 15.7 Å². The number of nitrogens with zero attached hydrogens (tertiary/aromatic N) is 1. The third-order valence-corrected chi connectivity index (χ3v) is 7.67. The number of aromatic carboxylic acids is 1. The maximum absolute atomic E-state index is 15.7. The molecule has 10 heteroatoms. The van der Waals surface area contributed by atoms with Crippen LogP contribution >= 0.6 is 23.2 Å². The summed E-state index contributed by atoms with van der Waals surface area (Å²) >= 11 is 12.2. The fourth-order valence-electron chi connectivity index (χ4n) is 5.55. The molecule has 1 aliphatic heterocycles. The van der Waals surface area contributed by atoms with Gasteiger partial charge in [-0.1, -0.05) is 74.3 Å². The summed E-state index contributed by atoms with van der Waals surface area (Å²) in [6.45, 7) is 5.79. The number of benzene rings is 3. The second-order valence-electron chi connectivity index (χ2n) is 11.0. The molecule has 1 saturated heterocycles. The molecule has 208 valence electrons. The quantitative estimate of drug-likeness (QED) is 0.291. The van der Waals surface area contributed by atoms with E-state index in [2.05, 4.69) is 16.7 Å². The molecule has 3 aromatic rings. The number of carboxylic acids is 1. The normalized spacial score (nSPS) is 22.5. The van der Waals surface area contributed by atoms with Crippen LogP contribution in [0.3, 0.4) is 0 Å². The lowest BCUT2D eigenvalue weighted by Crippen LogP contribution is -2.45. The highest BCUT2D eigenvalue weighted by Crippen LogP contribution is 2.52. The number of rotatable bonds is 6. The number of hydrogen-bond donors (Lipinski definition) is 3. The Labute approximate surface area is 240 Å². The van der Waals surface area contributed by atoms with Crippen molar-refractivity contribution in [2.24, 2.45) is 5.41 Å². The first-order valence-corrected chi connectivity index (χ1v) is 13.3. The molecule has 4 atom stereocenters. The van der Waals surface area contributed by atoms with Gasteiger partial charge in [0.25, 0.3) is 0 Å². The monoisotopic (exact) mass is 585 g/mol. The van der Waals surface area contributed by atoms with Gasteiger partial charge in [0.1, 0.15) is 17.0 Å². The molecule has 1 heterocycles. The molecule has 2 unspecified atom stereocenters. The number of carbonyl (C=O) groups excluding carboxylic acids is 1. The molecule has 0 aliphatic carbocycles. The zero-order valence-electron chi connectivity index (χ0n) is 21.9. The van der Waals surface area contributed by atoms with E-state index < -0.39 is 52.3 Å². The third kappa shape index (κ3) is 5.42. The topological polar surface area (TPSA) is 102 Å². The Hall–Kier alpha value is -3.51. The maximum Gasteiger partial charge on any atom is 0.337 e. The van der Waals surface area contributed by atoms with E-state index in [4.69, 9.17) is 23.2 Å². The van der Waals surface area contributed by atoms with Gasteiger partial charge in [-0.15, -0.1) is 0 Å².